The summed E-state index contributed by atoms with van der Waals surface area (Å²) in [6.45, 7) is 1.38. The number of aromatic nitrogens is 2. The molecule has 152 valence electrons. The van der Waals surface area contributed by atoms with Crippen LogP contribution in [0.3, 0.4) is 0 Å². The molecule has 30 heavy (non-hydrogen) atoms. The molecule has 3 aromatic rings. The van der Waals surface area contributed by atoms with Crippen LogP contribution in [0.2, 0.25) is 0 Å². The van der Waals surface area contributed by atoms with E-state index in [1.807, 2.05) is 54.6 Å². The molecule has 4 rings (SSSR count). The molecule has 0 aliphatic carbocycles. The predicted molar refractivity (Wildman–Crippen MR) is 113 cm³/mol. The Bertz CT molecular complexity index is 1110. The van der Waals surface area contributed by atoms with Gasteiger partial charge in [0.05, 0.1) is 6.54 Å². The number of carbonyl (C=O) groups excluding carboxylic acids is 2. The zero-order valence-corrected chi connectivity index (χ0v) is 16.5. The average molecular weight is 402 g/mol. The monoisotopic (exact) mass is 402 g/mol. The van der Waals surface area contributed by atoms with Gasteiger partial charge in [-0.3, -0.25) is 14.4 Å². The minimum absolute atomic E-state index is 0.146. The third-order valence-corrected chi connectivity index (χ3v) is 5.05. The van der Waals surface area contributed by atoms with E-state index in [-0.39, 0.29) is 23.1 Å². The van der Waals surface area contributed by atoms with Crippen molar-refractivity contribution in [3.8, 4) is 0 Å². The summed E-state index contributed by atoms with van der Waals surface area (Å²) >= 11 is 0. The molecule has 2 amide bonds. The number of nitrogens with one attached hydrogen (secondary N) is 1. The van der Waals surface area contributed by atoms with Crippen LogP contribution in [0.15, 0.2) is 71.5 Å². The lowest BCUT2D eigenvalue weighted by Gasteiger charge is -2.16. The van der Waals surface area contributed by atoms with E-state index >= 15 is 0 Å². The standard InChI is InChI=1S/C23H22N4O3/c28-21-7-4-14-26(21)19-10-8-17(9-11-19)15-24-23(30)20-12-13-22(29)27(25-20)16-18-5-2-1-3-6-18/h1-3,5-6,8-13H,4,7,14-16H2,(H,24,30). The predicted octanol–water partition coefficient (Wildman–Crippen LogP) is 2.35. The Morgan fingerprint density at radius 2 is 1.70 bits per heavy atom. The highest BCUT2D eigenvalue weighted by Gasteiger charge is 2.21. The maximum absolute atomic E-state index is 12.5. The Balaban J connectivity index is 1.40. The van der Waals surface area contributed by atoms with Crippen LogP contribution in [-0.2, 0) is 17.9 Å². The second-order valence-electron chi connectivity index (χ2n) is 7.20. The van der Waals surface area contributed by atoms with Gasteiger partial charge in [0.25, 0.3) is 11.5 Å². The molecular weight excluding hydrogens is 380 g/mol. The first kappa shape index (κ1) is 19.6. The van der Waals surface area contributed by atoms with Crippen molar-refractivity contribution in [3.63, 3.8) is 0 Å². The minimum Gasteiger partial charge on any atom is -0.347 e. The van der Waals surface area contributed by atoms with E-state index in [0.717, 1.165) is 29.8 Å². The molecule has 2 aromatic carbocycles. The molecule has 0 bridgehead atoms. The van der Waals surface area contributed by atoms with E-state index < -0.39 is 0 Å². The van der Waals surface area contributed by atoms with Gasteiger partial charge in [0, 0.05) is 31.3 Å². The summed E-state index contributed by atoms with van der Waals surface area (Å²) < 4.78 is 1.28. The van der Waals surface area contributed by atoms with Crippen molar-refractivity contribution < 1.29 is 9.59 Å². The summed E-state index contributed by atoms with van der Waals surface area (Å²) in [5, 5.41) is 7.03. The summed E-state index contributed by atoms with van der Waals surface area (Å²) in [5.41, 5.74) is 2.65. The molecule has 0 atom stereocenters. The third kappa shape index (κ3) is 4.46. The van der Waals surface area contributed by atoms with Crippen LogP contribution in [0.25, 0.3) is 0 Å². The first-order valence-electron chi connectivity index (χ1n) is 9.90. The maximum Gasteiger partial charge on any atom is 0.271 e. The van der Waals surface area contributed by atoms with Crippen molar-refractivity contribution in [3.05, 3.63) is 93.9 Å². The number of rotatable bonds is 6. The van der Waals surface area contributed by atoms with E-state index in [1.165, 1.54) is 16.8 Å². The summed E-state index contributed by atoms with van der Waals surface area (Å²) in [7, 11) is 0. The molecule has 1 aliphatic heterocycles. The van der Waals surface area contributed by atoms with E-state index in [4.69, 9.17) is 0 Å². The normalized spacial score (nSPS) is 13.5. The first-order valence-corrected chi connectivity index (χ1v) is 9.90. The molecule has 7 nitrogen and oxygen atoms in total. The average Bonchev–Trinajstić information content (AvgIpc) is 3.20. The van der Waals surface area contributed by atoms with Crippen molar-refractivity contribution in [2.24, 2.45) is 0 Å². The van der Waals surface area contributed by atoms with Gasteiger partial charge in [-0.15, -0.1) is 0 Å². The third-order valence-electron chi connectivity index (χ3n) is 5.05. The summed E-state index contributed by atoms with van der Waals surface area (Å²) in [6.07, 6.45) is 1.48. The Morgan fingerprint density at radius 3 is 2.40 bits per heavy atom. The topological polar surface area (TPSA) is 84.3 Å². The van der Waals surface area contributed by atoms with Crippen LogP contribution in [-0.4, -0.2) is 28.1 Å². The quantitative estimate of drug-likeness (QED) is 0.686. The van der Waals surface area contributed by atoms with Crippen molar-refractivity contribution in [2.75, 3.05) is 11.4 Å². The van der Waals surface area contributed by atoms with Crippen molar-refractivity contribution >= 4 is 17.5 Å². The SMILES string of the molecule is O=C(NCc1ccc(N2CCCC2=O)cc1)c1ccc(=O)n(Cc2ccccc2)n1. The number of benzene rings is 2. The zero-order chi connectivity index (χ0) is 20.9. The van der Waals surface area contributed by atoms with Crippen LogP contribution in [0.4, 0.5) is 5.69 Å². The van der Waals surface area contributed by atoms with Gasteiger partial charge in [-0.05, 0) is 35.7 Å². The second-order valence-corrected chi connectivity index (χ2v) is 7.20. The number of carbonyl (C=O) groups is 2. The van der Waals surface area contributed by atoms with Gasteiger partial charge in [-0.1, -0.05) is 42.5 Å². The van der Waals surface area contributed by atoms with Crippen molar-refractivity contribution in [1.82, 2.24) is 15.1 Å². The Morgan fingerprint density at radius 1 is 0.933 bits per heavy atom. The largest absolute Gasteiger partial charge is 0.347 e. The smallest absolute Gasteiger partial charge is 0.271 e. The lowest BCUT2D eigenvalue weighted by molar-refractivity contribution is -0.117. The van der Waals surface area contributed by atoms with Crippen molar-refractivity contribution in [1.29, 1.82) is 0 Å². The molecule has 1 fully saturated rings. The number of hydrogen-bond acceptors (Lipinski definition) is 4. The first-order chi connectivity index (χ1) is 14.6. The number of nitrogens with zero attached hydrogens (tertiary/aromatic N) is 3. The highest BCUT2D eigenvalue weighted by Crippen LogP contribution is 2.21. The molecule has 2 heterocycles. The minimum atomic E-state index is -0.351. The van der Waals surface area contributed by atoms with Crippen LogP contribution in [0, 0.1) is 0 Å². The number of anilines is 1. The Kier molecular flexibility index (Phi) is 5.70. The summed E-state index contributed by atoms with van der Waals surface area (Å²) in [6, 6.07) is 19.8. The van der Waals surface area contributed by atoms with Crippen LogP contribution >= 0.6 is 0 Å². The maximum atomic E-state index is 12.5. The molecular formula is C23H22N4O3. The number of hydrogen-bond donors (Lipinski definition) is 1. The fourth-order valence-corrected chi connectivity index (χ4v) is 3.43. The van der Waals surface area contributed by atoms with Gasteiger partial charge >= 0.3 is 0 Å². The van der Waals surface area contributed by atoms with Crippen LogP contribution in [0.5, 0.6) is 0 Å². The Hall–Kier alpha value is -3.74. The fourth-order valence-electron chi connectivity index (χ4n) is 3.43. The Labute approximate surface area is 174 Å². The van der Waals surface area contributed by atoms with Crippen molar-refractivity contribution in [2.45, 2.75) is 25.9 Å². The second kappa shape index (κ2) is 8.73. The van der Waals surface area contributed by atoms with Crippen LogP contribution < -0.4 is 15.8 Å². The molecule has 1 aliphatic rings. The molecule has 1 saturated heterocycles. The van der Waals surface area contributed by atoms with E-state index in [0.29, 0.717) is 19.5 Å². The van der Waals surface area contributed by atoms with E-state index in [2.05, 4.69) is 10.4 Å². The fraction of sp³-hybridized carbons (Fsp3) is 0.217. The van der Waals surface area contributed by atoms with Gasteiger partial charge in [0.2, 0.25) is 5.91 Å². The van der Waals surface area contributed by atoms with E-state index in [9.17, 15) is 14.4 Å². The summed E-state index contributed by atoms with van der Waals surface area (Å²) in [4.78, 5) is 38.2. The summed E-state index contributed by atoms with van der Waals surface area (Å²) in [5.74, 6) is -0.205. The van der Waals surface area contributed by atoms with Gasteiger partial charge < -0.3 is 10.2 Å². The lowest BCUT2D eigenvalue weighted by Crippen LogP contribution is -2.29. The molecule has 7 heteroatoms. The van der Waals surface area contributed by atoms with Gasteiger partial charge in [0.15, 0.2) is 0 Å². The molecule has 0 saturated carbocycles. The number of amides is 2. The molecule has 0 unspecified atom stereocenters. The van der Waals surface area contributed by atoms with Crippen LogP contribution in [0.1, 0.15) is 34.5 Å². The molecule has 0 spiro atoms. The highest BCUT2D eigenvalue weighted by molar-refractivity contribution is 5.95. The molecule has 1 N–H and O–H groups in total. The van der Waals surface area contributed by atoms with Gasteiger partial charge in [-0.25, -0.2) is 4.68 Å². The lowest BCUT2D eigenvalue weighted by atomic mass is 10.2. The zero-order valence-electron chi connectivity index (χ0n) is 16.5. The van der Waals surface area contributed by atoms with Gasteiger partial charge in [0.1, 0.15) is 5.69 Å². The highest BCUT2D eigenvalue weighted by atomic mass is 16.2. The molecule has 1 aromatic heterocycles. The molecule has 0 radical (unpaired) electrons. The van der Waals surface area contributed by atoms with E-state index in [1.54, 1.807) is 4.90 Å². The van der Waals surface area contributed by atoms with Gasteiger partial charge in [-0.2, -0.15) is 5.10 Å².